The Hall–Kier alpha value is -1.44. The molecule has 7 nitrogen and oxygen atoms in total. The third-order valence-corrected chi connectivity index (χ3v) is 2.13. The SMILES string of the molecule is COC(=O)c1nc[nH]c1C(OC)(OC)OC. The maximum absolute atomic E-state index is 11.4. The van der Waals surface area contributed by atoms with E-state index in [4.69, 9.17) is 14.2 Å². The molecular weight excluding hydrogens is 216 g/mol. The van der Waals surface area contributed by atoms with E-state index in [9.17, 15) is 4.79 Å². The summed E-state index contributed by atoms with van der Waals surface area (Å²) in [7, 11) is 5.41. The standard InChI is InChI=1S/C9H14N2O5/c1-13-8(12)6-7(11-5-10-6)9(14-2,15-3)16-4/h5H,1-4H3,(H,10,11). The van der Waals surface area contributed by atoms with Crippen LogP contribution in [0.3, 0.4) is 0 Å². The lowest BCUT2D eigenvalue weighted by Gasteiger charge is -2.27. The quantitative estimate of drug-likeness (QED) is 0.576. The van der Waals surface area contributed by atoms with Gasteiger partial charge in [-0.3, -0.25) is 0 Å². The molecule has 0 fully saturated rings. The number of aromatic amines is 1. The normalized spacial score (nSPS) is 11.5. The van der Waals surface area contributed by atoms with Crippen molar-refractivity contribution >= 4 is 5.97 Å². The van der Waals surface area contributed by atoms with Crippen molar-refractivity contribution < 1.29 is 23.7 Å². The maximum Gasteiger partial charge on any atom is 0.358 e. The van der Waals surface area contributed by atoms with Crippen molar-refractivity contribution in [1.82, 2.24) is 9.97 Å². The third kappa shape index (κ3) is 1.92. The molecule has 1 rings (SSSR count). The van der Waals surface area contributed by atoms with Crippen LogP contribution in [0.2, 0.25) is 0 Å². The lowest BCUT2D eigenvalue weighted by Crippen LogP contribution is -2.35. The van der Waals surface area contributed by atoms with E-state index in [1.807, 2.05) is 0 Å². The molecular formula is C9H14N2O5. The molecule has 0 aliphatic carbocycles. The van der Waals surface area contributed by atoms with Gasteiger partial charge < -0.3 is 23.9 Å². The van der Waals surface area contributed by atoms with E-state index in [0.29, 0.717) is 0 Å². The summed E-state index contributed by atoms with van der Waals surface area (Å²) < 4.78 is 19.9. The van der Waals surface area contributed by atoms with Gasteiger partial charge in [-0.1, -0.05) is 0 Å². The molecule has 1 heterocycles. The molecule has 16 heavy (non-hydrogen) atoms. The lowest BCUT2D eigenvalue weighted by molar-refractivity contribution is -0.366. The van der Waals surface area contributed by atoms with Gasteiger partial charge in [-0.25, -0.2) is 9.78 Å². The number of methoxy groups -OCH3 is 4. The van der Waals surface area contributed by atoms with Crippen LogP contribution in [0.4, 0.5) is 0 Å². The van der Waals surface area contributed by atoms with Crippen LogP contribution in [-0.4, -0.2) is 44.4 Å². The number of esters is 1. The summed E-state index contributed by atoms with van der Waals surface area (Å²) >= 11 is 0. The molecule has 0 saturated carbocycles. The molecule has 0 aromatic carbocycles. The van der Waals surface area contributed by atoms with E-state index >= 15 is 0 Å². The Labute approximate surface area is 92.7 Å². The van der Waals surface area contributed by atoms with Crippen molar-refractivity contribution in [2.24, 2.45) is 0 Å². The molecule has 0 aliphatic rings. The Morgan fingerprint density at radius 2 is 1.81 bits per heavy atom. The minimum atomic E-state index is -1.50. The fraction of sp³-hybridized carbons (Fsp3) is 0.556. The van der Waals surface area contributed by atoms with Crippen LogP contribution in [0.1, 0.15) is 16.2 Å². The van der Waals surface area contributed by atoms with Crippen LogP contribution in [0.25, 0.3) is 0 Å². The lowest BCUT2D eigenvalue weighted by atomic mass is 10.3. The minimum Gasteiger partial charge on any atom is -0.464 e. The van der Waals surface area contributed by atoms with Crippen LogP contribution in [0.5, 0.6) is 0 Å². The largest absolute Gasteiger partial charge is 0.464 e. The highest BCUT2D eigenvalue weighted by molar-refractivity contribution is 5.88. The van der Waals surface area contributed by atoms with Crippen LogP contribution < -0.4 is 0 Å². The topological polar surface area (TPSA) is 82.7 Å². The van der Waals surface area contributed by atoms with E-state index < -0.39 is 11.9 Å². The number of imidazole rings is 1. The first-order valence-corrected chi connectivity index (χ1v) is 4.42. The first-order valence-electron chi connectivity index (χ1n) is 4.42. The van der Waals surface area contributed by atoms with Crippen molar-refractivity contribution in [2.45, 2.75) is 5.97 Å². The van der Waals surface area contributed by atoms with Crippen LogP contribution in [0, 0.1) is 0 Å². The molecule has 1 N–H and O–H groups in total. The summed E-state index contributed by atoms with van der Waals surface area (Å²) in [4.78, 5) is 18.0. The van der Waals surface area contributed by atoms with Crippen molar-refractivity contribution in [3.63, 3.8) is 0 Å². The smallest absolute Gasteiger partial charge is 0.358 e. The molecule has 0 spiro atoms. The zero-order valence-corrected chi connectivity index (χ0v) is 9.57. The van der Waals surface area contributed by atoms with Gasteiger partial charge in [0.25, 0.3) is 0 Å². The van der Waals surface area contributed by atoms with Gasteiger partial charge in [0.05, 0.1) is 13.4 Å². The highest BCUT2D eigenvalue weighted by Gasteiger charge is 2.39. The molecule has 0 saturated heterocycles. The van der Waals surface area contributed by atoms with Crippen LogP contribution in [-0.2, 0) is 24.9 Å². The molecule has 1 aromatic rings. The number of carbonyl (C=O) groups is 1. The highest BCUT2D eigenvalue weighted by atomic mass is 16.9. The van der Waals surface area contributed by atoms with E-state index in [-0.39, 0.29) is 11.4 Å². The number of ether oxygens (including phenoxy) is 4. The monoisotopic (exact) mass is 230 g/mol. The van der Waals surface area contributed by atoms with Crippen molar-refractivity contribution in [3.8, 4) is 0 Å². The fourth-order valence-corrected chi connectivity index (χ4v) is 1.34. The zero-order chi connectivity index (χ0) is 12.2. The third-order valence-electron chi connectivity index (χ3n) is 2.13. The van der Waals surface area contributed by atoms with E-state index in [1.165, 1.54) is 34.8 Å². The van der Waals surface area contributed by atoms with Gasteiger partial charge in [-0.15, -0.1) is 0 Å². The fourth-order valence-electron chi connectivity index (χ4n) is 1.34. The summed E-state index contributed by atoms with van der Waals surface area (Å²) in [6.07, 6.45) is 1.33. The number of rotatable bonds is 5. The Morgan fingerprint density at radius 3 is 2.25 bits per heavy atom. The summed E-state index contributed by atoms with van der Waals surface area (Å²) in [5.41, 5.74) is 0.292. The number of aromatic nitrogens is 2. The highest BCUT2D eigenvalue weighted by Crippen LogP contribution is 2.27. The van der Waals surface area contributed by atoms with Gasteiger partial charge in [0.2, 0.25) is 0 Å². The first kappa shape index (κ1) is 12.6. The molecule has 0 radical (unpaired) electrons. The van der Waals surface area contributed by atoms with Gasteiger partial charge in [0, 0.05) is 21.3 Å². The molecule has 0 bridgehead atoms. The maximum atomic E-state index is 11.4. The molecule has 90 valence electrons. The number of carbonyl (C=O) groups excluding carboxylic acids is 1. The summed E-state index contributed by atoms with van der Waals surface area (Å²) in [5, 5.41) is 0. The minimum absolute atomic E-state index is 0.0491. The van der Waals surface area contributed by atoms with Gasteiger partial charge in [-0.05, 0) is 0 Å². The van der Waals surface area contributed by atoms with E-state index in [0.717, 1.165) is 0 Å². The number of H-pyrrole nitrogens is 1. The predicted octanol–water partition coefficient (Wildman–Crippen LogP) is 0.246. The Balaban J connectivity index is 3.20. The average molecular weight is 230 g/mol. The molecule has 1 aromatic heterocycles. The van der Waals surface area contributed by atoms with Gasteiger partial charge in [0.1, 0.15) is 5.69 Å². The second-order valence-corrected chi connectivity index (χ2v) is 2.79. The molecule has 0 amide bonds. The number of nitrogens with one attached hydrogen (secondary N) is 1. The zero-order valence-electron chi connectivity index (χ0n) is 9.57. The summed E-state index contributed by atoms with van der Waals surface area (Å²) in [5.74, 6) is -2.10. The van der Waals surface area contributed by atoms with Gasteiger partial charge in [0.15, 0.2) is 5.69 Å². The van der Waals surface area contributed by atoms with Crippen LogP contribution >= 0.6 is 0 Å². The Bertz CT molecular complexity index is 350. The Morgan fingerprint density at radius 1 is 1.25 bits per heavy atom. The van der Waals surface area contributed by atoms with Gasteiger partial charge >= 0.3 is 11.9 Å². The number of hydrogen-bond donors (Lipinski definition) is 1. The predicted molar refractivity (Wildman–Crippen MR) is 52.6 cm³/mol. The number of hydrogen-bond acceptors (Lipinski definition) is 6. The second-order valence-electron chi connectivity index (χ2n) is 2.79. The van der Waals surface area contributed by atoms with E-state index in [2.05, 4.69) is 14.7 Å². The van der Waals surface area contributed by atoms with Crippen molar-refractivity contribution in [1.29, 1.82) is 0 Å². The van der Waals surface area contributed by atoms with Crippen LogP contribution in [0.15, 0.2) is 6.33 Å². The summed E-state index contributed by atoms with van der Waals surface area (Å²) in [6.45, 7) is 0. The number of nitrogens with zero attached hydrogens (tertiary/aromatic N) is 1. The molecule has 0 unspecified atom stereocenters. The molecule has 7 heteroatoms. The van der Waals surface area contributed by atoms with E-state index in [1.54, 1.807) is 0 Å². The van der Waals surface area contributed by atoms with Gasteiger partial charge in [-0.2, -0.15) is 0 Å². The first-order chi connectivity index (χ1) is 7.65. The molecule has 0 atom stereocenters. The van der Waals surface area contributed by atoms with Crippen molar-refractivity contribution in [3.05, 3.63) is 17.7 Å². The Kier molecular flexibility index (Phi) is 3.99. The summed E-state index contributed by atoms with van der Waals surface area (Å²) in [6, 6.07) is 0. The van der Waals surface area contributed by atoms with Crippen molar-refractivity contribution in [2.75, 3.05) is 28.4 Å². The second kappa shape index (κ2) is 5.06. The average Bonchev–Trinajstić information content (AvgIpc) is 2.81. The molecule has 0 aliphatic heterocycles.